The first-order chi connectivity index (χ1) is 12.2. The molecule has 0 saturated carbocycles. The van der Waals surface area contributed by atoms with Crippen LogP contribution in [0.2, 0.25) is 5.02 Å². The molecule has 5 heteroatoms. The number of pyridine rings is 1. The van der Waals surface area contributed by atoms with E-state index in [0.717, 1.165) is 22.3 Å². The van der Waals surface area contributed by atoms with Crippen LogP contribution in [-0.4, -0.2) is 15.3 Å². The molecule has 0 aliphatic carbocycles. The lowest BCUT2D eigenvalue weighted by Gasteiger charge is -2.05. The molecule has 0 aliphatic heterocycles. The summed E-state index contributed by atoms with van der Waals surface area (Å²) in [4.78, 5) is 16.7. The second-order valence-corrected chi connectivity index (χ2v) is 6.42. The number of amides is 1. The van der Waals surface area contributed by atoms with Crippen molar-refractivity contribution in [1.82, 2.24) is 14.7 Å². The number of rotatable bonds is 4. The van der Waals surface area contributed by atoms with Gasteiger partial charge in [-0.05, 0) is 28.5 Å². The zero-order valence-electron chi connectivity index (χ0n) is 13.4. The highest BCUT2D eigenvalue weighted by molar-refractivity contribution is 6.30. The van der Waals surface area contributed by atoms with Gasteiger partial charge in [-0.2, -0.15) is 0 Å². The second-order valence-electron chi connectivity index (χ2n) is 5.98. The van der Waals surface area contributed by atoms with Crippen LogP contribution in [0.1, 0.15) is 11.3 Å². The zero-order valence-corrected chi connectivity index (χ0v) is 14.2. The van der Waals surface area contributed by atoms with E-state index in [9.17, 15) is 4.79 Å². The number of carbonyl (C=O) groups excluding carboxylic acids is 1. The summed E-state index contributed by atoms with van der Waals surface area (Å²) in [7, 11) is 0. The van der Waals surface area contributed by atoms with Crippen LogP contribution in [-0.2, 0) is 17.8 Å². The smallest absolute Gasteiger partial charge is 0.224 e. The Labute approximate surface area is 150 Å². The fourth-order valence-electron chi connectivity index (χ4n) is 2.89. The zero-order chi connectivity index (χ0) is 17.2. The summed E-state index contributed by atoms with van der Waals surface area (Å²) >= 11 is 5.97. The van der Waals surface area contributed by atoms with Gasteiger partial charge in [0.15, 0.2) is 0 Å². The van der Waals surface area contributed by atoms with Crippen molar-refractivity contribution in [3.05, 3.63) is 83.3 Å². The molecular weight excluding hydrogens is 334 g/mol. The van der Waals surface area contributed by atoms with Crippen molar-refractivity contribution in [2.45, 2.75) is 13.0 Å². The molecule has 0 atom stereocenters. The summed E-state index contributed by atoms with van der Waals surface area (Å²) in [5.74, 6) is -0.0228. The van der Waals surface area contributed by atoms with Crippen molar-refractivity contribution in [3.8, 4) is 0 Å². The fourth-order valence-corrected chi connectivity index (χ4v) is 3.06. The molecule has 0 aliphatic rings. The van der Waals surface area contributed by atoms with Gasteiger partial charge in [-0.25, -0.2) is 4.98 Å². The summed E-state index contributed by atoms with van der Waals surface area (Å²) in [6.07, 6.45) is 4.02. The summed E-state index contributed by atoms with van der Waals surface area (Å²) < 4.78 is 1.85. The number of hydrogen-bond donors (Lipinski definition) is 1. The molecule has 124 valence electrons. The van der Waals surface area contributed by atoms with Crippen molar-refractivity contribution in [3.63, 3.8) is 0 Å². The molecule has 4 rings (SSSR count). The summed E-state index contributed by atoms with van der Waals surface area (Å²) in [6.45, 7) is 0.395. The third-order valence-corrected chi connectivity index (χ3v) is 4.33. The predicted molar refractivity (Wildman–Crippen MR) is 99.7 cm³/mol. The van der Waals surface area contributed by atoms with E-state index in [1.807, 2.05) is 40.9 Å². The van der Waals surface area contributed by atoms with Gasteiger partial charge in [0.1, 0.15) is 5.65 Å². The highest BCUT2D eigenvalue weighted by Gasteiger charge is 2.07. The van der Waals surface area contributed by atoms with Crippen molar-refractivity contribution >= 4 is 33.9 Å². The van der Waals surface area contributed by atoms with Crippen molar-refractivity contribution < 1.29 is 4.79 Å². The minimum absolute atomic E-state index is 0.0228. The van der Waals surface area contributed by atoms with E-state index in [1.165, 1.54) is 5.39 Å². The monoisotopic (exact) mass is 349 g/mol. The third-order valence-electron chi connectivity index (χ3n) is 4.11. The minimum Gasteiger partial charge on any atom is -0.350 e. The van der Waals surface area contributed by atoms with Crippen LogP contribution in [0.4, 0.5) is 0 Å². The Balaban J connectivity index is 1.42. The Bertz CT molecular complexity index is 1070. The Morgan fingerprint density at radius 2 is 1.88 bits per heavy atom. The van der Waals surface area contributed by atoms with E-state index in [4.69, 9.17) is 11.6 Å². The number of hydrogen-bond acceptors (Lipinski definition) is 2. The van der Waals surface area contributed by atoms with Gasteiger partial charge in [-0.1, -0.05) is 54.1 Å². The maximum atomic E-state index is 12.2. The molecule has 4 aromatic rings. The van der Waals surface area contributed by atoms with Crippen LogP contribution in [0.5, 0.6) is 0 Å². The Hall–Kier alpha value is -2.85. The SMILES string of the molecule is O=C(Cc1ccc2ccccc2c1)NCc1cn2cc(Cl)ccc2n1. The van der Waals surface area contributed by atoms with Gasteiger partial charge in [0.25, 0.3) is 0 Å². The van der Waals surface area contributed by atoms with Crippen LogP contribution in [0.25, 0.3) is 16.4 Å². The van der Waals surface area contributed by atoms with Gasteiger partial charge in [0.05, 0.1) is 23.7 Å². The van der Waals surface area contributed by atoms with Gasteiger partial charge in [0, 0.05) is 12.4 Å². The number of aromatic nitrogens is 2. The predicted octanol–water partition coefficient (Wildman–Crippen LogP) is 4.00. The van der Waals surface area contributed by atoms with Gasteiger partial charge in [0.2, 0.25) is 5.91 Å². The Morgan fingerprint density at radius 3 is 2.76 bits per heavy atom. The van der Waals surface area contributed by atoms with Crippen LogP contribution in [0.15, 0.2) is 67.0 Å². The van der Waals surface area contributed by atoms with Crippen LogP contribution >= 0.6 is 11.6 Å². The van der Waals surface area contributed by atoms with Crippen LogP contribution in [0, 0.1) is 0 Å². The number of fused-ring (bicyclic) bond motifs is 2. The molecule has 25 heavy (non-hydrogen) atoms. The average Bonchev–Trinajstić information content (AvgIpc) is 3.02. The lowest BCUT2D eigenvalue weighted by atomic mass is 10.0. The standard InChI is InChI=1S/C20H16ClN3O/c21-17-7-8-19-23-18(13-24(19)12-17)11-22-20(25)10-14-5-6-15-3-1-2-4-16(15)9-14/h1-9,12-13H,10-11H2,(H,22,25). The summed E-state index contributed by atoms with van der Waals surface area (Å²) in [5.41, 5.74) is 2.61. The first-order valence-electron chi connectivity index (χ1n) is 8.05. The van der Waals surface area contributed by atoms with Crippen LogP contribution < -0.4 is 5.32 Å². The molecule has 2 heterocycles. The van der Waals surface area contributed by atoms with Crippen molar-refractivity contribution in [2.75, 3.05) is 0 Å². The highest BCUT2D eigenvalue weighted by atomic mass is 35.5. The number of benzene rings is 2. The molecule has 1 N–H and O–H groups in total. The quantitative estimate of drug-likeness (QED) is 0.605. The Morgan fingerprint density at radius 1 is 1.04 bits per heavy atom. The first kappa shape index (κ1) is 15.7. The number of nitrogens with one attached hydrogen (secondary N) is 1. The Kier molecular flexibility index (Phi) is 4.12. The first-order valence-corrected chi connectivity index (χ1v) is 8.43. The second kappa shape index (κ2) is 6.57. The molecule has 0 spiro atoms. The molecule has 1 amide bonds. The molecule has 2 aromatic heterocycles. The molecule has 4 nitrogen and oxygen atoms in total. The van der Waals surface area contributed by atoms with E-state index in [-0.39, 0.29) is 5.91 Å². The van der Waals surface area contributed by atoms with Gasteiger partial charge < -0.3 is 9.72 Å². The molecule has 0 unspecified atom stereocenters. The minimum atomic E-state index is -0.0228. The van der Waals surface area contributed by atoms with Gasteiger partial charge in [-0.15, -0.1) is 0 Å². The maximum absolute atomic E-state index is 12.2. The maximum Gasteiger partial charge on any atom is 0.224 e. The third kappa shape index (κ3) is 3.49. The van der Waals surface area contributed by atoms with Crippen molar-refractivity contribution in [1.29, 1.82) is 0 Å². The summed E-state index contributed by atoms with van der Waals surface area (Å²) in [5, 5.41) is 5.89. The lowest BCUT2D eigenvalue weighted by molar-refractivity contribution is -0.120. The fraction of sp³-hybridized carbons (Fsp3) is 0.100. The average molecular weight is 350 g/mol. The number of halogens is 1. The molecule has 0 saturated heterocycles. The number of nitrogens with zero attached hydrogens (tertiary/aromatic N) is 2. The summed E-state index contributed by atoms with van der Waals surface area (Å²) in [6, 6.07) is 17.9. The normalized spacial score (nSPS) is 11.1. The van der Waals surface area contributed by atoms with Crippen LogP contribution in [0.3, 0.4) is 0 Å². The van der Waals surface area contributed by atoms with E-state index in [0.29, 0.717) is 18.0 Å². The van der Waals surface area contributed by atoms with Gasteiger partial charge >= 0.3 is 0 Å². The van der Waals surface area contributed by atoms with Crippen molar-refractivity contribution in [2.24, 2.45) is 0 Å². The van der Waals surface area contributed by atoms with E-state index < -0.39 is 0 Å². The molecule has 0 fully saturated rings. The molecule has 2 aromatic carbocycles. The lowest BCUT2D eigenvalue weighted by Crippen LogP contribution is -2.24. The number of carbonyl (C=O) groups is 1. The van der Waals surface area contributed by atoms with E-state index in [1.54, 1.807) is 12.3 Å². The highest BCUT2D eigenvalue weighted by Crippen LogP contribution is 2.16. The topological polar surface area (TPSA) is 46.4 Å². The van der Waals surface area contributed by atoms with E-state index in [2.05, 4.69) is 28.5 Å². The molecular formula is C20H16ClN3O. The number of imidazole rings is 1. The van der Waals surface area contributed by atoms with Gasteiger partial charge in [-0.3, -0.25) is 4.79 Å². The molecule has 0 bridgehead atoms. The van der Waals surface area contributed by atoms with E-state index >= 15 is 0 Å². The largest absolute Gasteiger partial charge is 0.350 e. The molecule has 0 radical (unpaired) electrons.